The van der Waals surface area contributed by atoms with Crippen LogP contribution < -0.4 is 10.1 Å². The van der Waals surface area contributed by atoms with Crippen LogP contribution in [0.5, 0.6) is 11.5 Å². The fourth-order valence-electron chi connectivity index (χ4n) is 2.63. The number of carbonyl (C=O) groups is 1. The van der Waals surface area contributed by atoms with E-state index in [1.54, 1.807) is 6.92 Å². The molecule has 1 aliphatic heterocycles. The van der Waals surface area contributed by atoms with Crippen LogP contribution in [0.1, 0.15) is 22.9 Å². The minimum absolute atomic E-state index is 0.103. The number of nitrogens with zero attached hydrogens (tertiary/aromatic N) is 1. The lowest BCUT2D eigenvalue weighted by atomic mass is 9.97. The van der Waals surface area contributed by atoms with Gasteiger partial charge in [0.15, 0.2) is 6.10 Å². The number of amides is 1. The number of ether oxygens (including phenoxy) is 2. The van der Waals surface area contributed by atoms with E-state index in [2.05, 4.69) is 10.3 Å². The van der Waals surface area contributed by atoms with E-state index in [1.807, 2.05) is 48.5 Å². The molecule has 0 saturated heterocycles. The fourth-order valence-corrected chi connectivity index (χ4v) is 2.63. The van der Waals surface area contributed by atoms with Crippen LogP contribution in [0.15, 0.2) is 59.2 Å². The molecule has 6 heteroatoms. The maximum absolute atomic E-state index is 12.2. The first-order valence-corrected chi connectivity index (χ1v) is 7.46. The highest BCUT2D eigenvalue weighted by Crippen LogP contribution is 2.44. The summed E-state index contributed by atoms with van der Waals surface area (Å²) in [5.74, 6) is 1.34. The Balaban J connectivity index is 1.63. The zero-order chi connectivity index (χ0) is 16.5. The second kappa shape index (κ2) is 5.73. The Morgan fingerprint density at radius 2 is 1.71 bits per heavy atom. The van der Waals surface area contributed by atoms with Crippen LogP contribution in [0.3, 0.4) is 0 Å². The first-order valence-electron chi connectivity index (χ1n) is 7.46. The van der Waals surface area contributed by atoms with Crippen molar-refractivity contribution in [2.45, 2.75) is 13.0 Å². The average molecular weight is 322 g/mol. The van der Waals surface area contributed by atoms with Crippen molar-refractivity contribution in [3.63, 3.8) is 0 Å². The highest BCUT2D eigenvalue weighted by atomic mass is 16.6. The van der Waals surface area contributed by atoms with Gasteiger partial charge in [-0.1, -0.05) is 36.4 Å². The lowest BCUT2D eigenvalue weighted by Gasteiger charge is -2.27. The number of aromatic nitrogens is 1. The van der Waals surface area contributed by atoms with Gasteiger partial charge in [-0.05, 0) is 19.1 Å². The molecule has 4 rings (SSSR count). The summed E-state index contributed by atoms with van der Waals surface area (Å²) in [6.45, 7) is 1.77. The van der Waals surface area contributed by atoms with Crippen molar-refractivity contribution in [1.82, 2.24) is 4.98 Å². The standard InChI is InChI=1S/C18H14N2O4/c1-11-10-22-17(19-11)20-18(21)24-16-12-6-2-4-8-14(12)23-15-9-5-3-7-13(15)16/h2-10,16H,1H3,(H,19,20,21). The number of oxazole rings is 1. The monoisotopic (exact) mass is 322 g/mol. The van der Waals surface area contributed by atoms with E-state index in [9.17, 15) is 4.79 Å². The first-order chi connectivity index (χ1) is 11.7. The molecule has 0 fully saturated rings. The van der Waals surface area contributed by atoms with E-state index < -0.39 is 12.2 Å². The van der Waals surface area contributed by atoms with E-state index in [0.29, 0.717) is 17.2 Å². The van der Waals surface area contributed by atoms with E-state index in [0.717, 1.165) is 11.1 Å². The lowest BCUT2D eigenvalue weighted by Crippen LogP contribution is -2.21. The number of aryl methyl sites for hydroxylation is 1. The summed E-state index contributed by atoms with van der Waals surface area (Å²) in [5, 5.41) is 2.49. The van der Waals surface area contributed by atoms with Crippen molar-refractivity contribution in [3.8, 4) is 11.5 Å². The van der Waals surface area contributed by atoms with Crippen molar-refractivity contribution in [3.05, 3.63) is 71.6 Å². The molecular weight excluding hydrogens is 308 g/mol. The summed E-state index contributed by atoms with van der Waals surface area (Å²) in [5.41, 5.74) is 2.25. The molecule has 1 amide bonds. The molecular formula is C18H14N2O4. The van der Waals surface area contributed by atoms with E-state index in [1.165, 1.54) is 6.26 Å². The molecule has 24 heavy (non-hydrogen) atoms. The molecule has 2 heterocycles. The molecule has 3 aromatic rings. The van der Waals surface area contributed by atoms with Gasteiger partial charge in [-0.25, -0.2) is 10.1 Å². The number of hydrogen-bond acceptors (Lipinski definition) is 5. The van der Waals surface area contributed by atoms with Gasteiger partial charge in [0.05, 0.1) is 5.69 Å². The number of fused-ring (bicyclic) bond motifs is 2. The van der Waals surface area contributed by atoms with Gasteiger partial charge in [0.25, 0.3) is 0 Å². The Morgan fingerprint density at radius 1 is 1.08 bits per heavy atom. The number of anilines is 1. The normalized spacial score (nSPS) is 12.7. The molecule has 0 atom stereocenters. The third kappa shape index (κ3) is 2.58. The molecule has 0 unspecified atom stereocenters. The van der Waals surface area contributed by atoms with Crippen LogP contribution in [0, 0.1) is 6.92 Å². The summed E-state index contributed by atoms with van der Waals surface area (Å²) in [6.07, 6.45) is 0.241. The summed E-state index contributed by atoms with van der Waals surface area (Å²) in [6, 6.07) is 15.0. The van der Waals surface area contributed by atoms with E-state index in [4.69, 9.17) is 13.9 Å². The van der Waals surface area contributed by atoms with Crippen molar-refractivity contribution in [1.29, 1.82) is 0 Å². The maximum Gasteiger partial charge on any atom is 0.416 e. The van der Waals surface area contributed by atoms with Crippen LogP contribution in [0.4, 0.5) is 10.8 Å². The molecule has 0 aliphatic carbocycles. The molecule has 1 N–H and O–H groups in total. The maximum atomic E-state index is 12.2. The predicted octanol–water partition coefficient (Wildman–Crippen LogP) is 4.43. The van der Waals surface area contributed by atoms with Gasteiger partial charge < -0.3 is 13.9 Å². The van der Waals surface area contributed by atoms with Gasteiger partial charge in [-0.3, -0.25) is 0 Å². The third-order valence-electron chi connectivity index (χ3n) is 3.68. The number of benzene rings is 2. The SMILES string of the molecule is Cc1coc(NC(=O)OC2c3ccccc3Oc3ccccc32)n1. The zero-order valence-corrected chi connectivity index (χ0v) is 12.9. The Bertz CT molecular complexity index is 858. The summed E-state index contributed by atoms with van der Waals surface area (Å²) in [7, 11) is 0. The van der Waals surface area contributed by atoms with Crippen LogP contribution in [0.2, 0.25) is 0 Å². The third-order valence-corrected chi connectivity index (χ3v) is 3.68. The Labute approximate surface area is 138 Å². The summed E-state index contributed by atoms with van der Waals surface area (Å²) >= 11 is 0. The Morgan fingerprint density at radius 3 is 2.29 bits per heavy atom. The molecule has 0 radical (unpaired) electrons. The van der Waals surface area contributed by atoms with Crippen LogP contribution >= 0.6 is 0 Å². The Hall–Kier alpha value is -3.28. The van der Waals surface area contributed by atoms with Crippen molar-refractivity contribution >= 4 is 12.1 Å². The van der Waals surface area contributed by atoms with Crippen molar-refractivity contribution < 1.29 is 18.7 Å². The highest BCUT2D eigenvalue weighted by molar-refractivity contribution is 5.82. The summed E-state index contributed by atoms with van der Waals surface area (Å²) in [4.78, 5) is 16.3. The van der Waals surface area contributed by atoms with Gasteiger partial charge in [0.1, 0.15) is 17.8 Å². The molecule has 0 spiro atoms. The fraction of sp³-hybridized carbons (Fsp3) is 0.111. The zero-order valence-electron chi connectivity index (χ0n) is 12.9. The Kier molecular flexibility index (Phi) is 3.42. The number of carbonyl (C=O) groups excluding carboxylic acids is 1. The van der Waals surface area contributed by atoms with E-state index >= 15 is 0 Å². The van der Waals surface area contributed by atoms with Crippen molar-refractivity contribution in [2.75, 3.05) is 5.32 Å². The molecule has 6 nitrogen and oxygen atoms in total. The van der Waals surface area contributed by atoms with Gasteiger partial charge >= 0.3 is 12.1 Å². The van der Waals surface area contributed by atoms with Crippen LogP contribution in [-0.4, -0.2) is 11.1 Å². The average Bonchev–Trinajstić information content (AvgIpc) is 2.99. The van der Waals surface area contributed by atoms with Gasteiger partial charge in [-0.15, -0.1) is 0 Å². The van der Waals surface area contributed by atoms with Crippen LogP contribution in [0.25, 0.3) is 0 Å². The highest BCUT2D eigenvalue weighted by Gasteiger charge is 2.30. The summed E-state index contributed by atoms with van der Waals surface area (Å²) < 4.78 is 16.6. The molecule has 0 bridgehead atoms. The molecule has 2 aromatic carbocycles. The number of para-hydroxylation sites is 2. The molecule has 1 aromatic heterocycles. The second-order valence-electron chi connectivity index (χ2n) is 5.38. The first kappa shape index (κ1) is 14.3. The largest absolute Gasteiger partial charge is 0.456 e. The van der Waals surface area contributed by atoms with Crippen LogP contribution in [-0.2, 0) is 4.74 Å². The minimum atomic E-state index is -0.645. The second-order valence-corrected chi connectivity index (χ2v) is 5.38. The smallest absolute Gasteiger partial charge is 0.416 e. The lowest BCUT2D eigenvalue weighted by molar-refractivity contribution is 0.124. The van der Waals surface area contributed by atoms with Gasteiger partial charge in [0.2, 0.25) is 0 Å². The number of hydrogen-bond donors (Lipinski definition) is 1. The minimum Gasteiger partial charge on any atom is -0.456 e. The molecule has 0 saturated carbocycles. The topological polar surface area (TPSA) is 73.6 Å². The molecule has 1 aliphatic rings. The molecule has 120 valence electrons. The van der Waals surface area contributed by atoms with Crippen molar-refractivity contribution in [2.24, 2.45) is 0 Å². The number of nitrogens with one attached hydrogen (secondary N) is 1. The van der Waals surface area contributed by atoms with Gasteiger partial charge in [0, 0.05) is 11.1 Å². The quantitative estimate of drug-likeness (QED) is 0.755. The predicted molar refractivity (Wildman–Crippen MR) is 86.1 cm³/mol. The van der Waals surface area contributed by atoms with E-state index in [-0.39, 0.29) is 6.01 Å². The van der Waals surface area contributed by atoms with Gasteiger partial charge in [-0.2, -0.15) is 4.98 Å². The number of rotatable bonds is 2.